The highest BCUT2D eigenvalue weighted by molar-refractivity contribution is 9.10. The molecule has 1 aromatic rings. The highest BCUT2D eigenvalue weighted by Gasteiger charge is 2.22. The Hall–Kier alpha value is -1.11. The number of nitro groups is 1. The predicted molar refractivity (Wildman–Crippen MR) is 76.1 cm³/mol. The summed E-state index contributed by atoms with van der Waals surface area (Å²) in [5, 5.41) is 20.5. The van der Waals surface area contributed by atoms with Gasteiger partial charge in [-0.15, -0.1) is 19.0 Å². The monoisotopic (exact) mass is 336 g/mol. The van der Waals surface area contributed by atoms with Crippen LogP contribution in [0.25, 0.3) is 0 Å². The van der Waals surface area contributed by atoms with Crippen LogP contribution >= 0.6 is 28.3 Å². The third-order valence-corrected chi connectivity index (χ3v) is 2.71. The molecule has 3 N–H and O–H groups in total. The minimum Gasteiger partial charge on any atom is -0.502 e. The first-order valence-corrected chi connectivity index (χ1v) is 5.69. The van der Waals surface area contributed by atoms with Crippen LogP contribution in [0.4, 0.5) is 5.69 Å². The van der Waals surface area contributed by atoms with Crippen molar-refractivity contribution in [3.63, 3.8) is 0 Å². The van der Waals surface area contributed by atoms with E-state index in [1.54, 1.807) is 6.07 Å². The lowest BCUT2D eigenvalue weighted by molar-refractivity contribution is -0.386. The molecule has 0 unspecified atom stereocenters. The van der Waals surface area contributed by atoms with Gasteiger partial charge in [0.2, 0.25) is 0 Å². The van der Waals surface area contributed by atoms with Crippen molar-refractivity contribution in [1.82, 2.24) is 0 Å². The Bertz CT molecular complexity index is 480. The summed E-state index contributed by atoms with van der Waals surface area (Å²) in [6.07, 6.45) is 0.459. The van der Waals surface area contributed by atoms with E-state index in [4.69, 9.17) is 5.73 Å². The molecule has 5 nitrogen and oxygen atoms in total. The molecular weight excluding hydrogens is 323 g/mol. The van der Waals surface area contributed by atoms with Gasteiger partial charge in [0.15, 0.2) is 5.75 Å². The number of rotatable bonds is 4. The van der Waals surface area contributed by atoms with Gasteiger partial charge in [0.05, 0.1) is 4.92 Å². The number of nitro benzene ring substituents is 1. The molecule has 0 heterocycles. The van der Waals surface area contributed by atoms with Gasteiger partial charge in [-0.1, -0.05) is 21.5 Å². The maximum atomic E-state index is 10.7. The SMILES string of the molecule is C=C(C)C[C@H](N)c1cc(Br)cc([N+](=O)[O-])c1O.Cl. The molecule has 0 radical (unpaired) electrons. The molecule has 100 valence electrons. The number of hydrogen-bond donors (Lipinski definition) is 2. The number of halogens is 2. The van der Waals surface area contributed by atoms with E-state index in [9.17, 15) is 15.2 Å². The van der Waals surface area contributed by atoms with Crippen LogP contribution in [0.2, 0.25) is 0 Å². The minimum absolute atomic E-state index is 0. The van der Waals surface area contributed by atoms with E-state index in [1.165, 1.54) is 6.07 Å². The van der Waals surface area contributed by atoms with E-state index in [-0.39, 0.29) is 23.8 Å². The first-order chi connectivity index (χ1) is 7.82. The van der Waals surface area contributed by atoms with Crippen LogP contribution in [0.3, 0.4) is 0 Å². The smallest absolute Gasteiger partial charge is 0.312 e. The summed E-state index contributed by atoms with van der Waals surface area (Å²) in [6, 6.07) is 2.31. The second-order valence-corrected chi connectivity index (χ2v) is 4.80. The number of phenols is 1. The van der Waals surface area contributed by atoms with Crippen molar-refractivity contribution in [1.29, 1.82) is 0 Å². The van der Waals surface area contributed by atoms with Gasteiger partial charge in [-0.05, 0) is 19.4 Å². The van der Waals surface area contributed by atoms with Crippen LogP contribution in [0.1, 0.15) is 24.9 Å². The molecule has 7 heteroatoms. The Labute approximate surface area is 119 Å². The molecule has 1 rings (SSSR count). The molecule has 0 aromatic heterocycles. The standard InChI is InChI=1S/C11H13BrN2O3.ClH/c1-6(2)3-9(13)8-4-7(12)5-10(11(8)15)14(16)17;/h4-5,9,15H,1,3,13H2,2H3;1H/t9-;/m0./s1. The third kappa shape index (κ3) is 3.97. The minimum atomic E-state index is -0.642. The molecule has 0 amide bonds. The summed E-state index contributed by atoms with van der Waals surface area (Å²) >= 11 is 3.16. The van der Waals surface area contributed by atoms with E-state index >= 15 is 0 Å². The Kier molecular flexibility index (Phi) is 6.31. The van der Waals surface area contributed by atoms with E-state index in [1.807, 2.05) is 6.92 Å². The van der Waals surface area contributed by atoms with Gasteiger partial charge in [-0.25, -0.2) is 0 Å². The summed E-state index contributed by atoms with van der Waals surface area (Å²) in [5.41, 5.74) is 6.70. The molecule has 0 spiro atoms. The molecular formula is C11H14BrClN2O3. The first kappa shape index (κ1) is 16.9. The van der Waals surface area contributed by atoms with E-state index in [2.05, 4.69) is 22.5 Å². The molecule has 0 aliphatic rings. The number of phenolic OH excluding ortho intramolecular Hbond substituents is 1. The van der Waals surface area contributed by atoms with Crippen LogP contribution in [-0.2, 0) is 0 Å². The highest BCUT2D eigenvalue weighted by atomic mass is 79.9. The van der Waals surface area contributed by atoms with E-state index in [0.29, 0.717) is 16.5 Å². The molecule has 0 saturated carbocycles. The molecule has 18 heavy (non-hydrogen) atoms. The average molecular weight is 338 g/mol. The van der Waals surface area contributed by atoms with Crippen molar-refractivity contribution in [2.24, 2.45) is 5.73 Å². The van der Waals surface area contributed by atoms with Crippen LogP contribution in [-0.4, -0.2) is 10.0 Å². The predicted octanol–water partition coefficient (Wildman–Crippen LogP) is 3.45. The quantitative estimate of drug-likeness (QED) is 0.500. The Morgan fingerprint density at radius 2 is 2.22 bits per heavy atom. The molecule has 0 aliphatic carbocycles. The van der Waals surface area contributed by atoms with Crippen molar-refractivity contribution in [3.8, 4) is 5.75 Å². The van der Waals surface area contributed by atoms with E-state index < -0.39 is 11.0 Å². The Balaban J connectivity index is 0.00000289. The third-order valence-electron chi connectivity index (χ3n) is 2.25. The average Bonchev–Trinajstić information content (AvgIpc) is 2.19. The Morgan fingerprint density at radius 1 is 1.67 bits per heavy atom. The highest BCUT2D eigenvalue weighted by Crippen LogP contribution is 2.37. The molecule has 1 atom stereocenters. The van der Waals surface area contributed by atoms with Crippen molar-refractivity contribution in [2.45, 2.75) is 19.4 Å². The molecule has 0 aliphatic heterocycles. The van der Waals surface area contributed by atoms with Crippen LogP contribution in [0, 0.1) is 10.1 Å². The molecule has 0 bridgehead atoms. The van der Waals surface area contributed by atoms with Crippen molar-refractivity contribution < 1.29 is 10.0 Å². The lowest BCUT2D eigenvalue weighted by Crippen LogP contribution is -2.11. The normalized spacial score (nSPS) is 11.5. The van der Waals surface area contributed by atoms with E-state index in [0.717, 1.165) is 5.57 Å². The zero-order valence-corrected chi connectivity index (χ0v) is 12.1. The second-order valence-electron chi connectivity index (χ2n) is 3.89. The first-order valence-electron chi connectivity index (χ1n) is 4.89. The fourth-order valence-electron chi connectivity index (χ4n) is 1.51. The van der Waals surface area contributed by atoms with Crippen LogP contribution in [0.5, 0.6) is 5.75 Å². The van der Waals surface area contributed by atoms with Gasteiger partial charge in [0.1, 0.15) is 0 Å². The summed E-state index contributed by atoms with van der Waals surface area (Å²) < 4.78 is 0.508. The number of hydrogen-bond acceptors (Lipinski definition) is 4. The number of nitrogens with two attached hydrogens (primary N) is 1. The van der Waals surface area contributed by atoms with Crippen LogP contribution in [0.15, 0.2) is 28.8 Å². The summed E-state index contributed by atoms with van der Waals surface area (Å²) in [5.74, 6) is -0.382. The van der Waals surface area contributed by atoms with Crippen molar-refractivity contribution >= 4 is 34.0 Å². The molecule has 1 aromatic carbocycles. The zero-order valence-electron chi connectivity index (χ0n) is 9.72. The largest absolute Gasteiger partial charge is 0.502 e. The zero-order chi connectivity index (χ0) is 13.2. The maximum Gasteiger partial charge on any atom is 0.312 e. The fourth-order valence-corrected chi connectivity index (χ4v) is 1.98. The lowest BCUT2D eigenvalue weighted by Gasteiger charge is -2.14. The number of nitrogens with zero attached hydrogens (tertiary/aromatic N) is 1. The molecule has 0 fully saturated rings. The van der Waals surface area contributed by atoms with Gasteiger partial charge in [-0.3, -0.25) is 10.1 Å². The second kappa shape index (κ2) is 6.72. The Morgan fingerprint density at radius 3 is 2.67 bits per heavy atom. The lowest BCUT2D eigenvalue weighted by atomic mass is 10.00. The van der Waals surface area contributed by atoms with Gasteiger partial charge in [0.25, 0.3) is 0 Å². The topological polar surface area (TPSA) is 89.4 Å². The number of benzene rings is 1. The fraction of sp³-hybridized carbons (Fsp3) is 0.273. The van der Waals surface area contributed by atoms with Crippen molar-refractivity contribution in [3.05, 3.63) is 44.4 Å². The van der Waals surface area contributed by atoms with Gasteiger partial charge in [0, 0.05) is 22.1 Å². The van der Waals surface area contributed by atoms with Crippen molar-refractivity contribution in [2.75, 3.05) is 0 Å². The summed E-state index contributed by atoms with van der Waals surface area (Å²) in [4.78, 5) is 10.1. The van der Waals surface area contributed by atoms with Gasteiger partial charge >= 0.3 is 5.69 Å². The molecule has 0 saturated heterocycles. The summed E-state index contributed by atoms with van der Waals surface area (Å²) in [7, 11) is 0. The number of aromatic hydroxyl groups is 1. The van der Waals surface area contributed by atoms with Gasteiger partial charge in [-0.2, -0.15) is 0 Å². The van der Waals surface area contributed by atoms with Gasteiger partial charge < -0.3 is 10.8 Å². The summed E-state index contributed by atoms with van der Waals surface area (Å²) in [6.45, 7) is 5.53. The maximum absolute atomic E-state index is 10.7. The van der Waals surface area contributed by atoms with Crippen LogP contribution < -0.4 is 5.73 Å².